The van der Waals surface area contributed by atoms with Crippen LogP contribution in [0.25, 0.3) is 11.0 Å². The van der Waals surface area contributed by atoms with E-state index in [9.17, 15) is 24.0 Å². The molecule has 0 radical (unpaired) electrons. The third kappa shape index (κ3) is 4.77. The van der Waals surface area contributed by atoms with Crippen molar-refractivity contribution in [2.24, 2.45) is 10.2 Å². The van der Waals surface area contributed by atoms with E-state index >= 15 is 0 Å². The number of rotatable bonds is 9. The number of imide groups is 1. The average molecular weight is 518 g/mol. The lowest BCUT2D eigenvalue weighted by molar-refractivity contribution is -0.153. The van der Waals surface area contributed by atoms with Crippen molar-refractivity contribution in [2.45, 2.75) is 46.1 Å². The Morgan fingerprint density at radius 1 is 1.00 bits per heavy atom. The van der Waals surface area contributed by atoms with E-state index in [4.69, 9.17) is 9.15 Å². The molecule has 0 unspecified atom stereocenters. The highest BCUT2D eigenvalue weighted by molar-refractivity contribution is 6.21. The number of fused-ring (bicyclic) bond motifs is 2. The van der Waals surface area contributed by atoms with Gasteiger partial charge < -0.3 is 9.15 Å². The second kappa shape index (κ2) is 10.5. The molecular weight excluding hydrogens is 490 g/mol. The van der Waals surface area contributed by atoms with Crippen molar-refractivity contribution in [3.63, 3.8) is 0 Å². The molecule has 0 saturated carbocycles. The smallest absolute Gasteiger partial charge is 0.343 e. The molecule has 10 nitrogen and oxygen atoms in total. The molecule has 2 aromatic carbocycles. The molecule has 0 bridgehead atoms. The number of hydrogen-bond acceptors (Lipinski definition) is 9. The van der Waals surface area contributed by atoms with Gasteiger partial charge in [-0.15, -0.1) is 0 Å². The highest BCUT2D eigenvalue weighted by Crippen LogP contribution is 2.31. The zero-order valence-electron chi connectivity index (χ0n) is 21.6. The first kappa shape index (κ1) is 26.6. The van der Waals surface area contributed by atoms with Crippen LogP contribution in [0.3, 0.4) is 0 Å². The molecule has 0 saturated heterocycles. The van der Waals surface area contributed by atoms with Gasteiger partial charge in [0.1, 0.15) is 5.58 Å². The standard InChI is InChI=1S/C28H27N3O7/c1-5-37-27(36)28(18(4)32,11-8-12-31-25(34)19-9-6-7-10-20(19)26(31)35)30-29-22-15-21-16(2)14-24(33)38-23(21)13-17(22)3/h6-7,9-10,13-15H,5,8,11-12H2,1-4H3/t28-/m1/s1. The number of azo groups is 1. The summed E-state index contributed by atoms with van der Waals surface area (Å²) in [6.07, 6.45) is -0.0115. The quantitative estimate of drug-likeness (QED) is 0.134. The molecule has 38 heavy (non-hydrogen) atoms. The highest BCUT2D eigenvalue weighted by atomic mass is 16.5. The number of amides is 2. The number of ether oxygens (including phenoxy) is 1. The van der Waals surface area contributed by atoms with Crippen molar-refractivity contribution >= 4 is 40.2 Å². The Balaban J connectivity index is 1.64. The minimum Gasteiger partial charge on any atom is -0.464 e. The summed E-state index contributed by atoms with van der Waals surface area (Å²) in [4.78, 5) is 64.2. The van der Waals surface area contributed by atoms with Crippen LogP contribution < -0.4 is 5.63 Å². The van der Waals surface area contributed by atoms with Crippen molar-refractivity contribution in [3.8, 4) is 0 Å². The van der Waals surface area contributed by atoms with Gasteiger partial charge in [0.25, 0.3) is 11.8 Å². The van der Waals surface area contributed by atoms with Gasteiger partial charge in [0, 0.05) is 18.0 Å². The van der Waals surface area contributed by atoms with E-state index < -0.39 is 34.7 Å². The SMILES string of the molecule is CCOC(=O)[C@](CCCN1C(=O)c2ccccc2C1=O)(N=Nc1cc2c(C)cc(=O)oc2cc1C)C(C)=O. The first-order valence-corrected chi connectivity index (χ1v) is 12.2. The number of Topliss-reactive ketones (excluding diaryl/α,β-unsaturated/α-hetero) is 1. The van der Waals surface area contributed by atoms with E-state index in [0.717, 1.165) is 4.90 Å². The molecule has 0 N–H and O–H groups in total. The summed E-state index contributed by atoms with van der Waals surface area (Å²) >= 11 is 0. The van der Waals surface area contributed by atoms with Crippen LogP contribution in [0.15, 0.2) is 61.9 Å². The lowest BCUT2D eigenvalue weighted by Gasteiger charge is -2.24. The summed E-state index contributed by atoms with van der Waals surface area (Å²) in [6.45, 7) is 6.34. The zero-order valence-corrected chi connectivity index (χ0v) is 21.6. The lowest BCUT2D eigenvalue weighted by Crippen LogP contribution is -2.45. The first-order valence-electron chi connectivity index (χ1n) is 12.2. The van der Waals surface area contributed by atoms with Gasteiger partial charge in [-0.3, -0.25) is 19.3 Å². The van der Waals surface area contributed by atoms with Crippen LogP contribution in [0.2, 0.25) is 0 Å². The zero-order chi connectivity index (χ0) is 27.6. The van der Waals surface area contributed by atoms with E-state index in [2.05, 4.69) is 10.2 Å². The maximum absolute atomic E-state index is 13.1. The van der Waals surface area contributed by atoms with Gasteiger partial charge >= 0.3 is 11.6 Å². The van der Waals surface area contributed by atoms with Gasteiger partial charge in [-0.05, 0) is 75.9 Å². The summed E-state index contributed by atoms with van der Waals surface area (Å²) in [7, 11) is 0. The topological polar surface area (TPSA) is 136 Å². The Morgan fingerprint density at radius 2 is 1.66 bits per heavy atom. The Kier molecular flexibility index (Phi) is 7.34. The fourth-order valence-corrected chi connectivity index (χ4v) is 4.47. The molecule has 0 spiro atoms. The number of benzene rings is 2. The summed E-state index contributed by atoms with van der Waals surface area (Å²) in [5.41, 5.74) is 0.255. The second-order valence-electron chi connectivity index (χ2n) is 9.13. The number of carbonyl (C=O) groups excluding carboxylic acids is 4. The fraction of sp³-hybridized carbons (Fsp3) is 0.321. The van der Waals surface area contributed by atoms with E-state index in [0.29, 0.717) is 38.9 Å². The summed E-state index contributed by atoms with van der Waals surface area (Å²) < 4.78 is 10.5. The molecule has 2 heterocycles. The molecule has 3 aromatic rings. The number of hydrogen-bond donors (Lipinski definition) is 0. The Morgan fingerprint density at radius 3 is 2.26 bits per heavy atom. The normalized spacial score (nSPS) is 14.7. The largest absolute Gasteiger partial charge is 0.464 e. The van der Waals surface area contributed by atoms with Gasteiger partial charge in [-0.2, -0.15) is 10.2 Å². The molecule has 1 aromatic heterocycles. The van der Waals surface area contributed by atoms with Crippen LogP contribution >= 0.6 is 0 Å². The monoisotopic (exact) mass is 517 g/mol. The Labute approximate surface area is 218 Å². The third-order valence-electron chi connectivity index (χ3n) is 6.59. The van der Waals surface area contributed by atoms with Gasteiger partial charge in [-0.25, -0.2) is 9.59 Å². The predicted molar refractivity (Wildman–Crippen MR) is 138 cm³/mol. The van der Waals surface area contributed by atoms with Gasteiger partial charge in [0.2, 0.25) is 5.54 Å². The molecule has 196 valence electrons. The molecule has 1 aliphatic heterocycles. The maximum Gasteiger partial charge on any atom is 0.343 e. The van der Waals surface area contributed by atoms with Gasteiger partial charge in [-0.1, -0.05) is 12.1 Å². The van der Waals surface area contributed by atoms with Crippen LogP contribution in [-0.4, -0.2) is 47.2 Å². The van der Waals surface area contributed by atoms with Crippen molar-refractivity contribution in [1.29, 1.82) is 0 Å². The second-order valence-corrected chi connectivity index (χ2v) is 9.13. The van der Waals surface area contributed by atoms with E-state index in [1.54, 1.807) is 57.2 Å². The molecular formula is C28H27N3O7. The Hall–Kier alpha value is -4.47. The molecule has 1 aliphatic rings. The van der Waals surface area contributed by atoms with Gasteiger partial charge in [0.05, 0.1) is 23.4 Å². The minimum atomic E-state index is -1.96. The summed E-state index contributed by atoms with van der Waals surface area (Å²) in [5, 5.41) is 9.12. The highest BCUT2D eigenvalue weighted by Gasteiger charge is 2.46. The van der Waals surface area contributed by atoms with Crippen molar-refractivity contribution in [3.05, 3.63) is 75.1 Å². The lowest BCUT2D eigenvalue weighted by atomic mass is 9.90. The van der Waals surface area contributed by atoms with Crippen LogP contribution in [0.5, 0.6) is 0 Å². The molecule has 1 atom stereocenters. The molecule has 4 rings (SSSR count). The first-order chi connectivity index (χ1) is 18.1. The number of carbonyl (C=O) groups is 4. The van der Waals surface area contributed by atoms with E-state index in [1.807, 2.05) is 0 Å². The van der Waals surface area contributed by atoms with Crippen molar-refractivity contribution < 1.29 is 28.3 Å². The molecule has 0 aliphatic carbocycles. The van der Waals surface area contributed by atoms with Crippen molar-refractivity contribution in [1.82, 2.24) is 4.90 Å². The van der Waals surface area contributed by atoms with Crippen molar-refractivity contribution in [2.75, 3.05) is 13.2 Å². The maximum atomic E-state index is 13.1. The van der Waals surface area contributed by atoms with Crippen LogP contribution in [-0.2, 0) is 14.3 Å². The number of aryl methyl sites for hydroxylation is 2. The number of ketones is 1. The van der Waals surface area contributed by atoms with E-state index in [1.165, 1.54) is 13.0 Å². The average Bonchev–Trinajstić information content (AvgIpc) is 3.11. The van der Waals surface area contributed by atoms with Gasteiger partial charge in [0.15, 0.2) is 5.78 Å². The summed E-state index contributed by atoms with van der Waals surface area (Å²) in [6, 6.07) is 11.2. The molecule has 2 amide bonds. The minimum absolute atomic E-state index is 0.0104. The summed E-state index contributed by atoms with van der Waals surface area (Å²) in [5.74, 6) is -2.29. The Bertz CT molecular complexity index is 1520. The van der Waals surface area contributed by atoms with Crippen LogP contribution in [0, 0.1) is 13.8 Å². The molecule has 10 heteroatoms. The number of nitrogens with zero attached hydrogens (tertiary/aromatic N) is 3. The molecule has 0 fully saturated rings. The van der Waals surface area contributed by atoms with Crippen LogP contribution in [0.4, 0.5) is 5.69 Å². The third-order valence-corrected chi connectivity index (χ3v) is 6.59. The number of esters is 1. The fourth-order valence-electron chi connectivity index (χ4n) is 4.47. The predicted octanol–water partition coefficient (Wildman–Crippen LogP) is 4.46. The van der Waals surface area contributed by atoms with Crippen LogP contribution in [0.1, 0.15) is 58.5 Å². The van der Waals surface area contributed by atoms with E-state index in [-0.39, 0.29) is 26.0 Å².